The first-order valence-electron chi connectivity index (χ1n) is 7.02. The molecule has 0 unspecified atom stereocenters. The van der Waals surface area contributed by atoms with Gasteiger partial charge in [0.25, 0.3) is 0 Å². The van der Waals surface area contributed by atoms with Crippen molar-refractivity contribution in [2.45, 2.75) is 20.8 Å². The Morgan fingerprint density at radius 3 is 2.32 bits per heavy atom. The van der Waals surface area contributed by atoms with E-state index in [4.69, 9.17) is 4.74 Å². The number of carbonyl (C=O) groups is 2. The lowest BCUT2D eigenvalue weighted by Crippen LogP contribution is -2.13. The number of carbonyl (C=O) groups excluding carboxylic acids is 2. The summed E-state index contributed by atoms with van der Waals surface area (Å²) in [7, 11) is 1.76. The van der Waals surface area contributed by atoms with Crippen molar-refractivity contribution >= 4 is 11.8 Å². The second-order valence-corrected chi connectivity index (χ2v) is 5.01. The molecule has 22 heavy (non-hydrogen) atoms. The van der Waals surface area contributed by atoms with Crippen molar-refractivity contribution in [2.24, 2.45) is 7.05 Å². The monoisotopic (exact) mass is 303 g/mol. The Morgan fingerprint density at radius 1 is 1.14 bits per heavy atom. The number of hydrogen-bond donors (Lipinski definition) is 0. The summed E-state index contributed by atoms with van der Waals surface area (Å²) >= 11 is 0. The standard InChI is InChI=1S/C17H18FNO3/c1-5-22-17(21)15-11(3)19(4)10(2)14(15)16(20)12-8-6-7-9-13(12)18/h6-9H,5H2,1-4H3. The molecule has 0 amide bonds. The van der Waals surface area contributed by atoms with Crippen LogP contribution in [0.1, 0.15) is 44.6 Å². The van der Waals surface area contributed by atoms with Gasteiger partial charge in [-0.3, -0.25) is 4.79 Å². The molecule has 5 heteroatoms. The average molecular weight is 303 g/mol. The number of hydrogen-bond acceptors (Lipinski definition) is 3. The van der Waals surface area contributed by atoms with Gasteiger partial charge in [0.15, 0.2) is 5.78 Å². The number of halogens is 1. The van der Waals surface area contributed by atoms with E-state index in [1.807, 2.05) is 0 Å². The number of esters is 1. The highest BCUT2D eigenvalue weighted by Gasteiger charge is 2.28. The summed E-state index contributed by atoms with van der Waals surface area (Å²) in [5.74, 6) is -1.69. The molecule has 1 heterocycles. The molecule has 0 saturated heterocycles. The Morgan fingerprint density at radius 2 is 1.73 bits per heavy atom. The molecule has 2 aromatic rings. The molecule has 0 N–H and O–H groups in total. The largest absolute Gasteiger partial charge is 0.462 e. The maximum atomic E-state index is 13.9. The number of ketones is 1. The molecule has 0 aliphatic carbocycles. The van der Waals surface area contributed by atoms with Gasteiger partial charge in [0.2, 0.25) is 0 Å². The van der Waals surface area contributed by atoms with Crippen LogP contribution in [0.3, 0.4) is 0 Å². The van der Waals surface area contributed by atoms with Gasteiger partial charge in [-0.15, -0.1) is 0 Å². The SMILES string of the molecule is CCOC(=O)c1c(C(=O)c2ccccc2F)c(C)n(C)c1C. The zero-order valence-electron chi connectivity index (χ0n) is 13.1. The molecule has 0 bridgehead atoms. The number of benzene rings is 1. The smallest absolute Gasteiger partial charge is 0.340 e. The maximum Gasteiger partial charge on any atom is 0.340 e. The second-order valence-electron chi connectivity index (χ2n) is 5.01. The summed E-state index contributed by atoms with van der Waals surface area (Å²) in [5.41, 5.74) is 1.57. The van der Waals surface area contributed by atoms with Crippen LogP contribution in [-0.4, -0.2) is 22.9 Å². The molecular weight excluding hydrogens is 285 g/mol. The predicted molar refractivity (Wildman–Crippen MR) is 80.7 cm³/mol. The first-order chi connectivity index (χ1) is 10.4. The van der Waals surface area contributed by atoms with E-state index in [-0.39, 0.29) is 23.3 Å². The van der Waals surface area contributed by atoms with Gasteiger partial charge in [-0.2, -0.15) is 0 Å². The summed E-state index contributed by atoms with van der Waals surface area (Å²) in [6.07, 6.45) is 0. The van der Waals surface area contributed by atoms with Gasteiger partial charge in [0.05, 0.1) is 23.3 Å². The Labute approximate surface area is 128 Å². The topological polar surface area (TPSA) is 48.3 Å². The van der Waals surface area contributed by atoms with E-state index >= 15 is 0 Å². The quantitative estimate of drug-likeness (QED) is 0.644. The highest BCUT2D eigenvalue weighted by Crippen LogP contribution is 2.26. The summed E-state index contributed by atoms with van der Waals surface area (Å²) < 4.78 is 20.7. The molecule has 1 aromatic heterocycles. The van der Waals surface area contributed by atoms with Gasteiger partial charge in [-0.05, 0) is 32.9 Å². The van der Waals surface area contributed by atoms with Crippen molar-refractivity contribution < 1.29 is 18.7 Å². The summed E-state index contributed by atoms with van der Waals surface area (Å²) in [6, 6.07) is 5.74. The summed E-state index contributed by atoms with van der Waals surface area (Å²) in [5, 5.41) is 0. The van der Waals surface area contributed by atoms with Crippen LogP contribution in [-0.2, 0) is 11.8 Å². The van der Waals surface area contributed by atoms with Crippen molar-refractivity contribution in [1.29, 1.82) is 0 Å². The zero-order valence-corrected chi connectivity index (χ0v) is 13.1. The van der Waals surface area contributed by atoms with Crippen molar-refractivity contribution in [1.82, 2.24) is 4.57 Å². The molecule has 2 rings (SSSR count). The maximum absolute atomic E-state index is 13.9. The van der Waals surface area contributed by atoms with Crippen molar-refractivity contribution in [3.05, 3.63) is 58.2 Å². The molecule has 0 aliphatic heterocycles. The van der Waals surface area contributed by atoms with Crippen LogP contribution < -0.4 is 0 Å². The third kappa shape index (κ3) is 2.54. The third-order valence-electron chi connectivity index (χ3n) is 3.80. The van der Waals surface area contributed by atoms with Gasteiger partial charge in [-0.25, -0.2) is 9.18 Å². The normalized spacial score (nSPS) is 10.6. The number of nitrogens with zero attached hydrogens (tertiary/aromatic N) is 1. The zero-order chi connectivity index (χ0) is 16.4. The van der Waals surface area contributed by atoms with Crippen LogP contribution in [0.4, 0.5) is 4.39 Å². The lowest BCUT2D eigenvalue weighted by molar-refractivity contribution is 0.0522. The molecule has 0 radical (unpaired) electrons. The average Bonchev–Trinajstić information content (AvgIpc) is 2.71. The highest BCUT2D eigenvalue weighted by atomic mass is 19.1. The van der Waals surface area contributed by atoms with Crippen molar-refractivity contribution in [3.8, 4) is 0 Å². The van der Waals surface area contributed by atoms with E-state index in [1.165, 1.54) is 18.2 Å². The number of rotatable bonds is 4. The van der Waals surface area contributed by atoms with E-state index in [0.717, 1.165) is 0 Å². The van der Waals surface area contributed by atoms with Crippen LogP contribution >= 0.6 is 0 Å². The van der Waals surface area contributed by atoms with E-state index < -0.39 is 17.6 Å². The summed E-state index contributed by atoms with van der Waals surface area (Å²) in [6.45, 7) is 5.36. The first kappa shape index (κ1) is 15.9. The Hall–Kier alpha value is -2.43. The minimum absolute atomic E-state index is 0.0539. The van der Waals surface area contributed by atoms with Crippen LogP contribution in [0.25, 0.3) is 0 Å². The minimum atomic E-state index is -0.608. The number of ether oxygens (including phenoxy) is 1. The molecule has 0 saturated carbocycles. The van der Waals surface area contributed by atoms with Crippen LogP contribution in [0, 0.1) is 19.7 Å². The third-order valence-corrected chi connectivity index (χ3v) is 3.80. The van der Waals surface area contributed by atoms with Crippen molar-refractivity contribution in [2.75, 3.05) is 6.61 Å². The molecule has 4 nitrogen and oxygen atoms in total. The van der Waals surface area contributed by atoms with E-state index in [0.29, 0.717) is 11.4 Å². The molecule has 0 atom stereocenters. The van der Waals surface area contributed by atoms with Gasteiger partial charge in [0.1, 0.15) is 5.82 Å². The van der Waals surface area contributed by atoms with Crippen LogP contribution in [0.15, 0.2) is 24.3 Å². The van der Waals surface area contributed by atoms with Gasteiger partial charge in [0, 0.05) is 18.4 Å². The summed E-state index contributed by atoms with van der Waals surface area (Å²) in [4.78, 5) is 24.9. The molecule has 0 fully saturated rings. The van der Waals surface area contributed by atoms with Gasteiger partial charge < -0.3 is 9.30 Å². The fraction of sp³-hybridized carbons (Fsp3) is 0.294. The molecule has 116 valence electrons. The van der Waals surface area contributed by atoms with Gasteiger partial charge >= 0.3 is 5.97 Å². The molecule has 0 spiro atoms. The Balaban J connectivity index is 2.65. The molecule has 0 aliphatic rings. The Kier molecular flexibility index (Phi) is 4.45. The first-order valence-corrected chi connectivity index (χ1v) is 7.02. The fourth-order valence-electron chi connectivity index (χ4n) is 2.46. The van der Waals surface area contributed by atoms with Crippen LogP contribution in [0.2, 0.25) is 0 Å². The highest BCUT2D eigenvalue weighted by molar-refractivity contribution is 6.16. The Bertz CT molecular complexity index is 747. The fourth-order valence-corrected chi connectivity index (χ4v) is 2.46. The lowest BCUT2D eigenvalue weighted by atomic mass is 9.98. The minimum Gasteiger partial charge on any atom is -0.462 e. The van der Waals surface area contributed by atoms with E-state index in [2.05, 4.69) is 0 Å². The predicted octanol–water partition coefficient (Wildman–Crippen LogP) is 3.19. The second kappa shape index (κ2) is 6.13. The van der Waals surface area contributed by atoms with Gasteiger partial charge in [-0.1, -0.05) is 12.1 Å². The van der Waals surface area contributed by atoms with Crippen LogP contribution in [0.5, 0.6) is 0 Å². The molecule has 1 aromatic carbocycles. The van der Waals surface area contributed by atoms with E-state index in [9.17, 15) is 14.0 Å². The number of aromatic nitrogens is 1. The lowest BCUT2D eigenvalue weighted by Gasteiger charge is -2.06. The van der Waals surface area contributed by atoms with Crippen molar-refractivity contribution in [3.63, 3.8) is 0 Å². The molecular formula is C17H18FNO3. The van der Waals surface area contributed by atoms with E-state index in [1.54, 1.807) is 38.5 Å².